The first-order valence-electron chi connectivity index (χ1n) is 9.54. The fourth-order valence-corrected chi connectivity index (χ4v) is 3.07. The smallest absolute Gasteiger partial charge is 0.481 e. The molecule has 0 bridgehead atoms. The molecule has 0 aromatic rings. The van der Waals surface area contributed by atoms with Crippen LogP contribution in [0.15, 0.2) is 0 Å². The van der Waals surface area contributed by atoms with Crippen molar-refractivity contribution in [2.75, 3.05) is 0 Å². The molecule has 0 aromatic heterocycles. The molecule has 0 unspecified atom stereocenters. The third-order valence-corrected chi connectivity index (χ3v) is 4.60. The van der Waals surface area contributed by atoms with Crippen molar-refractivity contribution in [3.05, 3.63) is 0 Å². The molecule has 0 rings (SSSR count). The number of aliphatic carboxylic acids is 1. The van der Waals surface area contributed by atoms with Gasteiger partial charge in [0.05, 0.1) is 0 Å². The number of rotatable bonds is 17. The molecular weight excluding hydrogens is 307 g/mol. The molecule has 0 aliphatic heterocycles. The van der Waals surface area contributed by atoms with Crippen molar-refractivity contribution in [1.29, 1.82) is 0 Å². The summed E-state index contributed by atoms with van der Waals surface area (Å²) in [4.78, 5) is 10.4. The van der Waals surface area contributed by atoms with Gasteiger partial charge >= 0.3 is 94.7 Å². The Hall–Kier alpha value is -0.520. The van der Waals surface area contributed by atoms with Crippen LogP contribution in [0.2, 0.25) is 0 Å². The van der Waals surface area contributed by atoms with Gasteiger partial charge in [-0.15, -0.1) is 0 Å². The van der Waals surface area contributed by atoms with Crippen LogP contribution >= 0.6 is 7.92 Å². The summed E-state index contributed by atoms with van der Waals surface area (Å²) in [6.45, 7) is 0. The molecule has 0 aromatic carbocycles. The van der Waals surface area contributed by atoms with Crippen LogP contribution in [-0.2, 0) is 9.36 Å². The van der Waals surface area contributed by atoms with Gasteiger partial charge in [0.1, 0.15) is 0 Å². The first-order valence-corrected chi connectivity index (χ1v) is 10.4. The predicted molar refractivity (Wildman–Crippen MR) is 97.6 cm³/mol. The van der Waals surface area contributed by atoms with Crippen LogP contribution in [0, 0.1) is 5.63 Å². The van der Waals surface area contributed by atoms with Gasteiger partial charge < -0.3 is 5.11 Å². The summed E-state index contributed by atoms with van der Waals surface area (Å²) < 4.78 is 10.2. The molecule has 0 spiro atoms. The standard InChI is InChI=1S/C19H35O3P/c20-19(21)17-15-13-11-9-7-5-3-1-2-4-6-8-10-12-14-16-18-23-22/h1-17H2,(H,20,21). The van der Waals surface area contributed by atoms with Gasteiger partial charge in [0.25, 0.3) is 0 Å². The molecule has 0 aliphatic rings. The Morgan fingerprint density at radius 2 is 1.00 bits per heavy atom. The Morgan fingerprint density at radius 1 is 0.652 bits per heavy atom. The zero-order valence-electron chi connectivity index (χ0n) is 14.7. The van der Waals surface area contributed by atoms with Gasteiger partial charge in [-0.05, 0) is 6.42 Å². The Kier molecular flexibility index (Phi) is 19.1. The van der Waals surface area contributed by atoms with E-state index in [0.717, 1.165) is 25.7 Å². The Labute approximate surface area is 143 Å². The van der Waals surface area contributed by atoms with Crippen molar-refractivity contribution in [1.82, 2.24) is 0 Å². The molecule has 1 N–H and O–H groups in total. The van der Waals surface area contributed by atoms with Crippen molar-refractivity contribution in [2.24, 2.45) is 0 Å². The van der Waals surface area contributed by atoms with E-state index in [4.69, 9.17) is 5.11 Å². The zero-order chi connectivity index (χ0) is 17.0. The van der Waals surface area contributed by atoms with Gasteiger partial charge in [-0.25, -0.2) is 0 Å². The van der Waals surface area contributed by atoms with Crippen LogP contribution in [0.3, 0.4) is 0 Å². The molecule has 0 aliphatic carbocycles. The van der Waals surface area contributed by atoms with Crippen LogP contribution in [0.4, 0.5) is 0 Å². The zero-order valence-corrected chi connectivity index (χ0v) is 15.6. The fourth-order valence-electron chi connectivity index (χ4n) is 2.82. The van der Waals surface area contributed by atoms with Crippen molar-refractivity contribution in [2.45, 2.75) is 109 Å². The second-order valence-electron chi connectivity index (χ2n) is 6.45. The van der Waals surface area contributed by atoms with Crippen LogP contribution in [0.5, 0.6) is 0 Å². The van der Waals surface area contributed by atoms with Gasteiger partial charge in [0.2, 0.25) is 0 Å². The number of unbranched alkanes of at least 4 members (excludes halogenated alkanes) is 15. The van der Waals surface area contributed by atoms with E-state index in [9.17, 15) is 9.36 Å². The maximum atomic E-state index is 10.4. The third-order valence-electron chi connectivity index (χ3n) is 4.24. The van der Waals surface area contributed by atoms with Gasteiger partial charge in [0.15, 0.2) is 0 Å². The van der Waals surface area contributed by atoms with Crippen LogP contribution in [0.25, 0.3) is 0 Å². The molecule has 134 valence electrons. The minimum absolute atomic E-state index is 0.0575. The van der Waals surface area contributed by atoms with Gasteiger partial charge in [0, 0.05) is 6.42 Å². The molecule has 0 heterocycles. The summed E-state index contributed by atoms with van der Waals surface area (Å²) in [5.74, 6) is -0.666. The van der Waals surface area contributed by atoms with Crippen molar-refractivity contribution in [3.63, 3.8) is 0 Å². The number of hydrogen-bond acceptors (Lipinski definition) is 2. The number of hydrogen-bond donors (Lipinski definition) is 1. The summed E-state index contributed by atoms with van der Waals surface area (Å²) in [7, 11) is 0.0575. The van der Waals surface area contributed by atoms with Crippen molar-refractivity contribution >= 4 is 13.9 Å². The SMILES string of the molecule is O=P#CCCCCCCCCCCCCCCCCCC(=O)O. The summed E-state index contributed by atoms with van der Waals surface area (Å²) in [5.41, 5.74) is 2.80. The van der Waals surface area contributed by atoms with Gasteiger partial charge in [-0.1, -0.05) is 25.7 Å². The molecule has 0 saturated heterocycles. The Bertz CT molecular complexity index is 362. The maximum absolute atomic E-state index is 10.4. The van der Waals surface area contributed by atoms with Gasteiger partial charge in [-0.3, -0.25) is 4.79 Å². The number of carboxylic acid groups (broad SMARTS) is 1. The fraction of sp³-hybridized carbons (Fsp3) is 0.895. The van der Waals surface area contributed by atoms with E-state index in [0.29, 0.717) is 6.42 Å². The predicted octanol–water partition coefficient (Wildman–Crippen LogP) is 6.95. The molecular formula is C19H35O3P. The second-order valence-corrected chi connectivity index (χ2v) is 6.95. The average Bonchev–Trinajstić information content (AvgIpc) is 2.53. The Balaban J connectivity index is 3.00. The molecule has 0 atom stereocenters. The molecule has 0 fully saturated rings. The van der Waals surface area contributed by atoms with E-state index in [2.05, 4.69) is 5.63 Å². The summed E-state index contributed by atoms with van der Waals surface area (Å²) in [6, 6.07) is 0. The molecule has 0 saturated carbocycles. The summed E-state index contributed by atoms with van der Waals surface area (Å²) >= 11 is 0. The van der Waals surface area contributed by atoms with Crippen molar-refractivity contribution < 1.29 is 14.5 Å². The molecule has 4 heteroatoms. The minimum Gasteiger partial charge on any atom is -0.481 e. The van der Waals surface area contributed by atoms with E-state index in [1.54, 1.807) is 0 Å². The summed E-state index contributed by atoms with van der Waals surface area (Å²) in [5, 5.41) is 8.54. The molecule has 23 heavy (non-hydrogen) atoms. The van der Waals surface area contributed by atoms with E-state index in [1.807, 2.05) is 0 Å². The summed E-state index contributed by atoms with van der Waals surface area (Å²) in [6.07, 6.45) is 20.0. The first kappa shape index (κ1) is 22.5. The molecule has 3 nitrogen and oxygen atoms in total. The van der Waals surface area contributed by atoms with E-state index < -0.39 is 5.97 Å². The van der Waals surface area contributed by atoms with E-state index in [1.165, 1.54) is 77.0 Å². The van der Waals surface area contributed by atoms with Crippen LogP contribution in [0.1, 0.15) is 109 Å². The van der Waals surface area contributed by atoms with Crippen molar-refractivity contribution in [3.8, 4) is 5.63 Å². The second kappa shape index (κ2) is 19.5. The average molecular weight is 342 g/mol. The van der Waals surface area contributed by atoms with Gasteiger partial charge in [-0.2, -0.15) is 0 Å². The number of carboxylic acids is 1. The first-order chi connectivity index (χ1) is 11.3. The topological polar surface area (TPSA) is 54.4 Å². The monoisotopic (exact) mass is 342 g/mol. The normalized spacial score (nSPS) is 10.4. The van der Waals surface area contributed by atoms with Crippen LogP contribution < -0.4 is 0 Å². The molecule has 0 amide bonds. The number of carbonyl (C=O) groups is 1. The van der Waals surface area contributed by atoms with Crippen LogP contribution in [-0.4, -0.2) is 11.1 Å². The van der Waals surface area contributed by atoms with E-state index >= 15 is 0 Å². The molecule has 0 radical (unpaired) electrons. The minimum atomic E-state index is -0.666. The quantitative estimate of drug-likeness (QED) is 0.230. The van der Waals surface area contributed by atoms with E-state index in [-0.39, 0.29) is 7.92 Å². The third kappa shape index (κ3) is 21.5. The Morgan fingerprint density at radius 3 is 1.35 bits per heavy atom.